The van der Waals surface area contributed by atoms with Crippen LogP contribution in [0.15, 0.2) is 76.0 Å². The van der Waals surface area contributed by atoms with Crippen molar-refractivity contribution in [3.63, 3.8) is 0 Å². The predicted molar refractivity (Wildman–Crippen MR) is 115 cm³/mol. The minimum absolute atomic E-state index is 0.0203. The molecule has 3 rings (SSSR count). The number of rotatable bonds is 5. The normalized spacial score (nSPS) is 11.3. The molecule has 1 amide bonds. The van der Waals surface area contributed by atoms with Crippen molar-refractivity contribution in [1.29, 1.82) is 0 Å². The molecular weight excluding hydrogens is 411 g/mol. The molecule has 0 heterocycles. The summed E-state index contributed by atoms with van der Waals surface area (Å²) in [6, 6.07) is 16.8. The minimum Gasteiger partial charge on any atom is -0.507 e. The number of hydrogen-bond donors (Lipinski definition) is 2. The topological polar surface area (TPSA) is 86.4 Å². The molecule has 8 heteroatoms. The number of hydrogen-bond acceptors (Lipinski definition) is 5. The summed E-state index contributed by atoms with van der Waals surface area (Å²) >= 11 is 12.1. The Labute approximate surface area is 177 Å². The Kier molecular flexibility index (Phi) is 6.59. The van der Waals surface area contributed by atoms with Crippen LogP contribution in [-0.4, -0.2) is 17.2 Å². The molecule has 0 aliphatic heterocycles. The second kappa shape index (κ2) is 9.32. The summed E-state index contributed by atoms with van der Waals surface area (Å²) in [5.41, 5.74) is 5.00. The smallest absolute Gasteiger partial charge is 0.272 e. The van der Waals surface area contributed by atoms with Crippen LogP contribution >= 0.6 is 23.2 Å². The van der Waals surface area contributed by atoms with Crippen molar-refractivity contribution in [3.8, 4) is 5.75 Å². The van der Waals surface area contributed by atoms with Gasteiger partial charge in [-0.2, -0.15) is 10.2 Å². The highest BCUT2D eigenvalue weighted by Crippen LogP contribution is 2.27. The van der Waals surface area contributed by atoms with E-state index in [9.17, 15) is 9.90 Å². The van der Waals surface area contributed by atoms with E-state index in [-0.39, 0.29) is 5.75 Å². The van der Waals surface area contributed by atoms with Crippen molar-refractivity contribution in [2.75, 3.05) is 0 Å². The lowest BCUT2D eigenvalue weighted by atomic mass is 10.1. The first-order chi connectivity index (χ1) is 13.9. The van der Waals surface area contributed by atoms with Gasteiger partial charge in [0.05, 0.1) is 27.5 Å². The van der Waals surface area contributed by atoms with Gasteiger partial charge in [0.25, 0.3) is 5.91 Å². The predicted octanol–water partition coefficient (Wildman–Crippen LogP) is 6.19. The molecule has 0 saturated heterocycles. The van der Waals surface area contributed by atoms with Gasteiger partial charge in [-0.25, -0.2) is 5.43 Å². The van der Waals surface area contributed by atoms with E-state index in [0.717, 1.165) is 5.56 Å². The van der Waals surface area contributed by atoms with Gasteiger partial charge in [-0.15, -0.1) is 5.11 Å². The van der Waals surface area contributed by atoms with Gasteiger partial charge < -0.3 is 5.11 Å². The van der Waals surface area contributed by atoms with Gasteiger partial charge in [0.1, 0.15) is 11.4 Å². The number of hydrazone groups is 1. The number of carbonyl (C=O) groups excluding carboxylic acids is 1. The summed E-state index contributed by atoms with van der Waals surface area (Å²) in [4.78, 5) is 12.2. The van der Waals surface area contributed by atoms with Gasteiger partial charge in [-0.1, -0.05) is 41.4 Å². The third kappa shape index (κ3) is 5.40. The minimum atomic E-state index is -0.458. The zero-order valence-electron chi connectivity index (χ0n) is 15.3. The fourth-order valence-corrected chi connectivity index (χ4v) is 2.87. The van der Waals surface area contributed by atoms with Gasteiger partial charge in [0.2, 0.25) is 0 Å². The van der Waals surface area contributed by atoms with Crippen molar-refractivity contribution >= 4 is 46.7 Å². The molecular formula is C21H16Cl2N4O2. The molecule has 6 nitrogen and oxygen atoms in total. The van der Waals surface area contributed by atoms with E-state index >= 15 is 0 Å². The Bertz CT molecular complexity index is 1110. The average molecular weight is 427 g/mol. The average Bonchev–Trinajstić information content (AvgIpc) is 2.69. The summed E-state index contributed by atoms with van der Waals surface area (Å²) in [7, 11) is 0. The van der Waals surface area contributed by atoms with Crippen LogP contribution in [0, 0.1) is 6.92 Å². The lowest BCUT2D eigenvalue weighted by Crippen LogP contribution is -2.18. The van der Waals surface area contributed by atoms with E-state index < -0.39 is 5.91 Å². The number of aryl methyl sites for hydroxylation is 1. The zero-order chi connectivity index (χ0) is 20.8. The van der Waals surface area contributed by atoms with E-state index in [1.807, 2.05) is 6.92 Å². The molecule has 2 N–H and O–H groups in total. The highest BCUT2D eigenvalue weighted by Gasteiger charge is 2.09. The number of azo groups is 1. The third-order valence-corrected chi connectivity index (χ3v) is 4.51. The summed E-state index contributed by atoms with van der Waals surface area (Å²) in [5, 5.41) is 22.9. The maximum Gasteiger partial charge on any atom is 0.272 e. The molecule has 29 heavy (non-hydrogen) atoms. The van der Waals surface area contributed by atoms with Crippen LogP contribution in [-0.2, 0) is 0 Å². The number of aromatic hydroxyl groups is 1. The van der Waals surface area contributed by atoms with Gasteiger partial charge in [0, 0.05) is 5.56 Å². The number of phenols is 1. The molecule has 0 aliphatic carbocycles. The van der Waals surface area contributed by atoms with Crippen LogP contribution in [0.5, 0.6) is 5.75 Å². The first-order valence-electron chi connectivity index (χ1n) is 8.53. The molecule has 0 atom stereocenters. The van der Waals surface area contributed by atoms with Crippen molar-refractivity contribution < 1.29 is 9.90 Å². The number of phenolic OH excluding ortho intramolecular Hbond substituents is 1. The van der Waals surface area contributed by atoms with Crippen LogP contribution in [0.2, 0.25) is 10.0 Å². The molecule has 146 valence electrons. The van der Waals surface area contributed by atoms with Gasteiger partial charge in [0.15, 0.2) is 0 Å². The van der Waals surface area contributed by atoms with E-state index in [0.29, 0.717) is 32.5 Å². The van der Waals surface area contributed by atoms with Crippen LogP contribution in [0.25, 0.3) is 0 Å². The molecule has 0 bridgehead atoms. The molecule has 0 radical (unpaired) electrons. The van der Waals surface area contributed by atoms with Crippen molar-refractivity contribution in [3.05, 3.63) is 87.4 Å². The Hall–Kier alpha value is -3.22. The SMILES string of the molecule is Cc1ccc(C(=O)N/N=C\c2cc(N=Nc3ccccc3Cl)ccc2O)c(Cl)c1. The quantitative estimate of drug-likeness (QED) is 0.289. The van der Waals surface area contributed by atoms with Crippen molar-refractivity contribution in [2.45, 2.75) is 6.92 Å². The first-order valence-corrected chi connectivity index (χ1v) is 9.28. The molecule has 3 aromatic rings. The van der Waals surface area contributed by atoms with E-state index in [2.05, 4.69) is 20.8 Å². The second-order valence-electron chi connectivity index (χ2n) is 6.08. The molecule has 3 aromatic carbocycles. The van der Waals surface area contributed by atoms with E-state index in [4.69, 9.17) is 23.2 Å². The fourth-order valence-electron chi connectivity index (χ4n) is 2.38. The molecule has 0 unspecified atom stereocenters. The highest BCUT2D eigenvalue weighted by atomic mass is 35.5. The first kappa shape index (κ1) is 20.5. The van der Waals surface area contributed by atoms with Gasteiger partial charge in [-0.05, 0) is 55.0 Å². The second-order valence-corrected chi connectivity index (χ2v) is 6.89. The van der Waals surface area contributed by atoms with Crippen LogP contribution < -0.4 is 5.43 Å². The third-order valence-electron chi connectivity index (χ3n) is 3.88. The number of nitrogens with one attached hydrogen (secondary N) is 1. The molecule has 0 aromatic heterocycles. The Morgan fingerprint density at radius 3 is 2.55 bits per heavy atom. The summed E-state index contributed by atoms with van der Waals surface area (Å²) in [6.07, 6.45) is 1.31. The number of amides is 1. The number of halogens is 2. The molecule has 0 saturated carbocycles. The van der Waals surface area contributed by atoms with Crippen molar-refractivity contribution in [2.24, 2.45) is 15.3 Å². The molecule has 0 fully saturated rings. The number of nitrogens with zero attached hydrogens (tertiary/aromatic N) is 3. The maximum absolute atomic E-state index is 12.2. The maximum atomic E-state index is 12.2. The lowest BCUT2D eigenvalue weighted by molar-refractivity contribution is 0.0955. The van der Waals surface area contributed by atoms with E-state index in [1.165, 1.54) is 12.3 Å². The Morgan fingerprint density at radius 1 is 1.00 bits per heavy atom. The van der Waals surface area contributed by atoms with Crippen LogP contribution in [0.4, 0.5) is 11.4 Å². The molecule has 0 spiro atoms. The van der Waals surface area contributed by atoms with Crippen LogP contribution in [0.1, 0.15) is 21.5 Å². The highest BCUT2D eigenvalue weighted by molar-refractivity contribution is 6.34. The Balaban J connectivity index is 1.73. The van der Waals surface area contributed by atoms with Crippen LogP contribution in [0.3, 0.4) is 0 Å². The summed E-state index contributed by atoms with van der Waals surface area (Å²) in [6.45, 7) is 1.88. The zero-order valence-corrected chi connectivity index (χ0v) is 16.8. The largest absolute Gasteiger partial charge is 0.507 e. The molecule has 0 aliphatic rings. The lowest BCUT2D eigenvalue weighted by Gasteiger charge is -2.04. The van der Waals surface area contributed by atoms with Crippen molar-refractivity contribution in [1.82, 2.24) is 5.43 Å². The number of carbonyl (C=O) groups is 1. The number of benzene rings is 3. The van der Waals surface area contributed by atoms with E-state index in [1.54, 1.807) is 54.6 Å². The summed E-state index contributed by atoms with van der Waals surface area (Å²) < 4.78 is 0. The monoisotopic (exact) mass is 426 g/mol. The Morgan fingerprint density at radius 2 is 1.79 bits per heavy atom. The van der Waals surface area contributed by atoms with Gasteiger partial charge in [-0.3, -0.25) is 4.79 Å². The standard InChI is InChI=1S/C21H16Cl2N4O2/c1-13-6-8-16(18(23)10-13)21(29)27-24-12-14-11-15(7-9-20(14)28)25-26-19-5-3-2-4-17(19)22/h2-12,28H,1H3,(H,27,29)/b24-12-,26-25?. The van der Waals surface area contributed by atoms with Gasteiger partial charge >= 0.3 is 0 Å². The summed E-state index contributed by atoms with van der Waals surface area (Å²) in [5.74, 6) is -0.478. The fraction of sp³-hybridized carbons (Fsp3) is 0.0476.